The molecule has 2 aromatic heterocycles. The molecule has 0 saturated heterocycles. The smallest absolute Gasteiger partial charge is 0.255 e. The van der Waals surface area contributed by atoms with Crippen molar-refractivity contribution in [3.63, 3.8) is 0 Å². The van der Waals surface area contributed by atoms with E-state index in [1.165, 1.54) is 6.07 Å². The molecule has 0 bridgehead atoms. The topological polar surface area (TPSA) is 66.1 Å². The first kappa shape index (κ1) is 17.9. The lowest BCUT2D eigenvalue weighted by Crippen LogP contribution is -2.37. The van der Waals surface area contributed by atoms with Crippen molar-refractivity contribution in [3.8, 4) is 0 Å². The molecular weight excluding hydrogens is 302 g/mol. The van der Waals surface area contributed by atoms with Crippen LogP contribution in [0.25, 0.3) is 0 Å². The maximum Gasteiger partial charge on any atom is 0.255 e. The van der Waals surface area contributed by atoms with Crippen LogP contribution in [0.4, 0.5) is 0 Å². The summed E-state index contributed by atoms with van der Waals surface area (Å²) in [5.41, 5.74) is 3.17. The van der Waals surface area contributed by atoms with Gasteiger partial charge in [0.15, 0.2) is 0 Å². The first-order valence-electron chi connectivity index (χ1n) is 8.21. The minimum atomic E-state index is -0.185. The van der Waals surface area contributed by atoms with Crippen LogP contribution >= 0.6 is 0 Å². The number of likely N-dealkylation sites (N-methyl/N-ethyl adjacent to an activating group) is 1. The van der Waals surface area contributed by atoms with Crippen LogP contribution in [0.2, 0.25) is 0 Å². The minimum Gasteiger partial charge on any atom is -0.339 e. The highest BCUT2D eigenvalue weighted by atomic mass is 16.2. The fraction of sp³-hybridized carbons (Fsp3) is 0.421. The van der Waals surface area contributed by atoms with Gasteiger partial charge in [-0.25, -0.2) is 0 Å². The summed E-state index contributed by atoms with van der Waals surface area (Å²) in [6.45, 7) is 7.95. The van der Waals surface area contributed by atoms with Gasteiger partial charge in [-0.2, -0.15) is 0 Å². The number of H-pyrrole nitrogens is 1. The Labute approximate surface area is 142 Å². The van der Waals surface area contributed by atoms with Crippen LogP contribution in [-0.4, -0.2) is 33.9 Å². The quantitative estimate of drug-likeness (QED) is 0.918. The number of pyridine rings is 2. The summed E-state index contributed by atoms with van der Waals surface area (Å²) < 4.78 is 0. The maximum atomic E-state index is 12.9. The molecule has 1 unspecified atom stereocenters. The van der Waals surface area contributed by atoms with Gasteiger partial charge in [-0.05, 0) is 43.5 Å². The lowest BCUT2D eigenvalue weighted by atomic mass is 10.0. The highest BCUT2D eigenvalue weighted by Crippen LogP contribution is 2.18. The molecule has 1 N–H and O–H groups in total. The lowest BCUT2D eigenvalue weighted by molar-refractivity contribution is 0.0740. The highest BCUT2D eigenvalue weighted by molar-refractivity contribution is 5.95. The number of nitrogens with zero attached hydrogens (tertiary/aromatic N) is 2. The monoisotopic (exact) mass is 327 g/mol. The largest absolute Gasteiger partial charge is 0.339 e. The zero-order valence-corrected chi connectivity index (χ0v) is 15.0. The van der Waals surface area contributed by atoms with Crippen molar-refractivity contribution < 1.29 is 4.79 Å². The molecule has 2 aromatic rings. The third kappa shape index (κ3) is 4.10. The van der Waals surface area contributed by atoms with Crippen molar-refractivity contribution >= 4 is 5.91 Å². The van der Waals surface area contributed by atoms with Gasteiger partial charge in [-0.15, -0.1) is 0 Å². The third-order valence-corrected chi connectivity index (χ3v) is 4.22. The summed E-state index contributed by atoms with van der Waals surface area (Å²) in [4.78, 5) is 33.3. The molecule has 2 rings (SSSR count). The molecule has 24 heavy (non-hydrogen) atoms. The number of carbonyl (C=O) groups excluding carboxylic acids is 1. The first-order valence-corrected chi connectivity index (χ1v) is 8.21. The highest BCUT2D eigenvalue weighted by Gasteiger charge is 2.22. The van der Waals surface area contributed by atoms with Gasteiger partial charge in [0.1, 0.15) is 0 Å². The summed E-state index contributed by atoms with van der Waals surface area (Å²) in [5, 5.41) is 0. The van der Waals surface area contributed by atoms with Gasteiger partial charge in [0, 0.05) is 43.2 Å². The number of hydrogen-bond acceptors (Lipinski definition) is 3. The van der Waals surface area contributed by atoms with Gasteiger partial charge in [0.05, 0.1) is 5.56 Å². The summed E-state index contributed by atoms with van der Waals surface area (Å²) in [5.74, 6) is -0.0184. The van der Waals surface area contributed by atoms with E-state index < -0.39 is 0 Å². The molecule has 0 spiro atoms. The first-order chi connectivity index (χ1) is 11.3. The molecule has 0 aromatic carbocycles. The standard InChI is InChI=1S/C19H25N3O2/c1-12(2)18-16(6-7-17(23)21-18)19(24)22(5)14(4)11-15-10-13(3)8-9-20-15/h6-10,12,14H,11H2,1-5H3,(H,21,23). The predicted molar refractivity (Wildman–Crippen MR) is 95.4 cm³/mol. The minimum absolute atomic E-state index is 0.00117. The summed E-state index contributed by atoms with van der Waals surface area (Å²) in [6.07, 6.45) is 2.47. The van der Waals surface area contributed by atoms with Crippen molar-refractivity contribution in [2.75, 3.05) is 7.05 Å². The Morgan fingerprint density at radius 3 is 2.58 bits per heavy atom. The number of aryl methyl sites for hydroxylation is 1. The average Bonchev–Trinajstić information content (AvgIpc) is 2.53. The molecule has 0 saturated carbocycles. The van der Waals surface area contributed by atoms with Crippen LogP contribution in [-0.2, 0) is 6.42 Å². The number of amides is 1. The Balaban J connectivity index is 2.21. The Morgan fingerprint density at radius 2 is 1.96 bits per heavy atom. The molecule has 5 heteroatoms. The molecule has 2 heterocycles. The zero-order valence-electron chi connectivity index (χ0n) is 15.0. The molecule has 0 aliphatic rings. The van der Waals surface area contributed by atoms with Crippen LogP contribution in [0.5, 0.6) is 0 Å². The van der Waals surface area contributed by atoms with Crippen LogP contribution < -0.4 is 5.56 Å². The van der Waals surface area contributed by atoms with Gasteiger partial charge in [0.25, 0.3) is 5.91 Å². The van der Waals surface area contributed by atoms with E-state index in [9.17, 15) is 9.59 Å². The normalized spacial score (nSPS) is 12.2. The molecule has 0 fully saturated rings. The van der Waals surface area contributed by atoms with Crippen molar-refractivity contribution in [2.45, 2.75) is 46.1 Å². The van der Waals surface area contributed by atoms with Crippen molar-refractivity contribution in [1.29, 1.82) is 0 Å². The van der Waals surface area contributed by atoms with Crippen molar-refractivity contribution in [3.05, 3.63) is 63.3 Å². The van der Waals surface area contributed by atoms with E-state index in [1.807, 2.05) is 39.8 Å². The van der Waals surface area contributed by atoms with Gasteiger partial charge < -0.3 is 9.88 Å². The van der Waals surface area contributed by atoms with E-state index in [1.54, 1.807) is 24.2 Å². The molecular formula is C19H25N3O2. The van der Waals surface area contributed by atoms with E-state index >= 15 is 0 Å². The number of carbonyl (C=O) groups is 1. The van der Waals surface area contributed by atoms with Crippen LogP contribution in [0.3, 0.4) is 0 Å². The van der Waals surface area contributed by atoms with Gasteiger partial charge in [-0.1, -0.05) is 13.8 Å². The van der Waals surface area contributed by atoms with E-state index in [4.69, 9.17) is 0 Å². The second kappa shape index (κ2) is 7.43. The average molecular weight is 327 g/mol. The van der Waals surface area contributed by atoms with E-state index in [-0.39, 0.29) is 23.4 Å². The zero-order chi connectivity index (χ0) is 17.9. The fourth-order valence-corrected chi connectivity index (χ4v) is 2.67. The van der Waals surface area contributed by atoms with E-state index in [0.29, 0.717) is 17.7 Å². The predicted octanol–water partition coefficient (Wildman–Crippen LogP) is 2.90. The van der Waals surface area contributed by atoms with Crippen molar-refractivity contribution in [1.82, 2.24) is 14.9 Å². The Bertz CT molecular complexity index is 780. The van der Waals surface area contributed by atoms with E-state index in [2.05, 4.69) is 9.97 Å². The lowest BCUT2D eigenvalue weighted by Gasteiger charge is -2.26. The number of hydrogen-bond donors (Lipinski definition) is 1. The molecule has 1 amide bonds. The third-order valence-electron chi connectivity index (χ3n) is 4.22. The maximum absolute atomic E-state index is 12.9. The molecule has 0 radical (unpaired) electrons. The summed E-state index contributed by atoms with van der Waals surface area (Å²) in [6, 6.07) is 7.01. The van der Waals surface area contributed by atoms with Gasteiger partial charge >= 0.3 is 0 Å². The molecule has 1 atom stereocenters. The van der Waals surface area contributed by atoms with Crippen LogP contribution in [0.15, 0.2) is 35.3 Å². The Hall–Kier alpha value is -2.43. The number of rotatable bonds is 5. The summed E-state index contributed by atoms with van der Waals surface area (Å²) in [7, 11) is 1.79. The molecule has 0 aliphatic heterocycles. The van der Waals surface area contributed by atoms with Crippen molar-refractivity contribution in [2.24, 2.45) is 0 Å². The van der Waals surface area contributed by atoms with Crippen LogP contribution in [0, 0.1) is 6.92 Å². The molecule has 0 aliphatic carbocycles. The molecule has 128 valence electrons. The number of aromatic amines is 1. The SMILES string of the molecule is Cc1ccnc(CC(C)N(C)C(=O)c2ccc(=O)[nH]c2C(C)C)c1. The second-order valence-electron chi connectivity index (χ2n) is 6.60. The fourth-order valence-electron chi connectivity index (χ4n) is 2.67. The Morgan fingerprint density at radius 1 is 1.25 bits per heavy atom. The van der Waals surface area contributed by atoms with Crippen LogP contribution in [0.1, 0.15) is 54.0 Å². The summed E-state index contributed by atoms with van der Waals surface area (Å²) >= 11 is 0. The van der Waals surface area contributed by atoms with Gasteiger partial charge in [0.2, 0.25) is 5.56 Å². The second-order valence-corrected chi connectivity index (χ2v) is 6.60. The number of aromatic nitrogens is 2. The Kier molecular flexibility index (Phi) is 5.54. The molecule has 5 nitrogen and oxygen atoms in total. The van der Waals surface area contributed by atoms with E-state index in [0.717, 1.165) is 11.3 Å². The number of nitrogens with one attached hydrogen (secondary N) is 1. The van der Waals surface area contributed by atoms with Gasteiger partial charge in [-0.3, -0.25) is 14.6 Å².